The number of fused-ring (bicyclic) bond motifs is 1. The Morgan fingerprint density at radius 3 is 3.13 bits per heavy atom. The summed E-state index contributed by atoms with van der Waals surface area (Å²) < 4.78 is 24.9. The molecule has 0 radical (unpaired) electrons. The minimum absolute atomic E-state index is 0.0383. The Bertz CT molecular complexity index is 740. The number of hydrogen-bond donors (Lipinski definition) is 0. The number of hydrogen-bond acceptors (Lipinski definition) is 5. The molecule has 0 N–H and O–H groups in total. The van der Waals surface area contributed by atoms with Crippen LogP contribution in [-0.4, -0.2) is 40.5 Å². The highest BCUT2D eigenvalue weighted by atomic mass is 19.1. The molecule has 1 atom stereocenters. The van der Waals surface area contributed by atoms with Gasteiger partial charge in [-0.25, -0.2) is 9.37 Å². The standard InChI is InChI=1S/C16H16FN3O3/c17-12-7-18-4-1-11(12)16(21)20-5-2-14-13(8-20)19-15(23-14)10-3-6-22-9-10/h1,4,7,10H,2-3,5-6,8-9H2. The Hall–Kier alpha value is -2.28. The molecule has 23 heavy (non-hydrogen) atoms. The average molecular weight is 317 g/mol. The molecule has 1 unspecified atom stereocenters. The van der Waals surface area contributed by atoms with Crippen LogP contribution >= 0.6 is 0 Å². The second kappa shape index (κ2) is 5.73. The number of oxazole rings is 1. The van der Waals surface area contributed by atoms with Crippen molar-refractivity contribution in [3.05, 3.63) is 47.2 Å². The fourth-order valence-electron chi connectivity index (χ4n) is 3.01. The summed E-state index contributed by atoms with van der Waals surface area (Å²) in [6.45, 7) is 2.18. The van der Waals surface area contributed by atoms with E-state index in [1.54, 1.807) is 4.90 Å². The molecule has 2 aromatic rings. The van der Waals surface area contributed by atoms with Crippen LogP contribution in [-0.2, 0) is 17.7 Å². The number of halogens is 1. The molecule has 0 spiro atoms. The van der Waals surface area contributed by atoms with Crippen LogP contribution in [0.5, 0.6) is 0 Å². The monoisotopic (exact) mass is 317 g/mol. The third kappa shape index (κ3) is 2.61. The fourth-order valence-corrected chi connectivity index (χ4v) is 3.01. The number of pyridine rings is 1. The van der Waals surface area contributed by atoms with Crippen LogP contribution in [0.2, 0.25) is 0 Å². The summed E-state index contributed by atoms with van der Waals surface area (Å²) in [5.41, 5.74) is 0.803. The Morgan fingerprint density at radius 1 is 1.43 bits per heavy atom. The highest BCUT2D eigenvalue weighted by molar-refractivity contribution is 5.94. The first kappa shape index (κ1) is 14.3. The normalized spacial score (nSPS) is 20.6. The van der Waals surface area contributed by atoms with E-state index < -0.39 is 5.82 Å². The molecule has 1 amide bonds. The van der Waals surface area contributed by atoms with Crippen molar-refractivity contribution in [1.29, 1.82) is 0 Å². The number of rotatable bonds is 2. The van der Waals surface area contributed by atoms with E-state index in [0.29, 0.717) is 32.0 Å². The Kier molecular flexibility index (Phi) is 3.57. The summed E-state index contributed by atoms with van der Waals surface area (Å²) in [5, 5.41) is 0. The van der Waals surface area contributed by atoms with Gasteiger partial charge >= 0.3 is 0 Å². The van der Waals surface area contributed by atoms with Crippen LogP contribution in [0.1, 0.15) is 40.0 Å². The highest BCUT2D eigenvalue weighted by Crippen LogP contribution is 2.29. The molecule has 0 bridgehead atoms. The van der Waals surface area contributed by atoms with Gasteiger partial charge in [0.1, 0.15) is 11.5 Å². The van der Waals surface area contributed by atoms with Gasteiger partial charge < -0.3 is 14.1 Å². The van der Waals surface area contributed by atoms with Crippen LogP contribution in [0, 0.1) is 5.82 Å². The molecule has 0 aromatic carbocycles. The molecule has 2 aliphatic heterocycles. The zero-order valence-corrected chi connectivity index (χ0v) is 12.5. The third-order valence-corrected chi connectivity index (χ3v) is 4.31. The largest absolute Gasteiger partial charge is 0.445 e. The SMILES string of the molecule is O=C(c1ccncc1F)N1CCc2oc(C3CCOC3)nc2C1. The first-order chi connectivity index (χ1) is 11.2. The minimum atomic E-state index is -0.604. The molecule has 4 heterocycles. The van der Waals surface area contributed by atoms with Crippen LogP contribution in [0.25, 0.3) is 0 Å². The quantitative estimate of drug-likeness (QED) is 0.846. The molecule has 120 valence electrons. The van der Waals surface area contributed by atoms with E-state index in [2.05, 4.69) is 9.97 Å². The molecule has 1 fully saturated rings. The highest BCUT2D eigenvalue weighted by Gasteiger charge is 2.30. The molecule has 1 saturated heterocycles. The van der Waals surface area contributed by atoms with Gasteiger partial charge in [0.25, 0.3) is 5.91 Å². The summed E-state index contributed by atoms with van der Waals surface area (Å²) in [7, 11) is 0. The van der Waals surface area contributed by atoms with Crippen molar-refractivity contribution in [2.45, 2.75) is 25.3 Å². The van der Waals surface area contributed by atoms with Crippen LogP contribution in [0.3, 0.4) is 0 Å². The van der Waals surface area contributed by atoms with Gasteiger partial charge in [-0.3, -0.25) is 9.78 Å². The average Bonchev–Trinajstić information content (AvgIpc) is 3.23. The van der Waals surface area contributed by atoms with E-state index in [9.17, 15) is 9.18 Å². The lowest BCUT2D eigenvalue weighted by Crippen LogP contribution is -2.36. The Morgan fingerprint density at radius 2 is 2.35 bits per heavy atom. The van der Waals surface area contributed by atoms with Gasteiger partial charge in [-0.1, -0.05) is 0 Å². The maximum atomic E-state index is 13.7. The Labute approximate surface area is 132 Å². The number of aromatic nitrogens is 2. The third-order valence-electron chi connectivity index (χ3n) is 4.31. The first-order valence-corrected chi connectivity index (χ1v) is 7.67. The van der Waals surface area contributed by atoms with Gasteiger partial charge in [0.05, 0.1) is 30.8 Å². The van der Waals surface area contributed by atoms with E-state index in [1.165, 1.54) is 12.3 Å². The number of ether oxygens (including phenoxy) is 1. The second-order valence-electron chi connectivity index (χ2n) is 5.81. The summed E-state index contributed by atoms with van der Waals surface area (Å²) in [6, 6.07) is 1.40. The van der Waals surface area contributed by atoms with E-state index in [1.807, 2.05) is 0 Å². The molecule has 6 nitrogen and oxygen atoms in total. The van der Waals surface area contributed by atoms with Gasteiger partial charge in [0.15, 0.2) is 11.7 Å². The van der Waals surface area contributed by atoms with Gasteiger partial charge in [-0.05, 0) is 12.5 Å². The van der Waals surface area contributed by atoms with Crippen LogP contribution in [0.4, 0.5) is 4.39 Å². The number of carbonyl (C=O) groups excluding carboxylic acids is 1. The molecule has 2 aromatic heterocycles. The summed E-state index contributed by atoms with van der Waals surface area (Å²) in [6.07, 6.45) is 3.97. The molecule has 7 heteroatoms. The minimum Gasteiger partial charge on any atom is -0.445 e. The smallest absolute Gasteiger partial charge is 0.257 e. The first-order valence-electron chi connectivity index (χ1n) is 7.67. The number of nitrogens with zero attached hydrogens (tertiary/aromatic N) is 3. The lowest BCUT2D eigenvalue weighted by Gasteiger charge is -2.25. The topological polar surface area (TPSA) is 68.5 Å². The van der Waals surface area contributed by atoms with Crippen molar-refractivity contribution in [2.24, 2.45) is 0 Å². The molecule has 4 rings (SSSR count). The van der Waals surface area contributed by atoms with Crippen molar-refractivity contribution >= 4 is 5.91 Å². The fraction of sp³-hybridized carbons (Fsp3) is 0.438. The maximum Gasteiger partial charge on any atom is 0.257 e. The summed E-state index contributed by atoms with van der Waals surface area (Å²) in [4.78, 5) is 22.3. The van der Waals surface area contributed by atoms with Crippen molar-refractivity contribution < 1.29 is 18.3 Å². The van der Waals surface area contributed by atoms with E-state index >= 15 is 0 Å². The van der Waals surface area contributed by atoms with Crippen LogP contribution < -0.4 is 0 Å². The van der Waals surface area contributed by atoms with Crippen molar-refractivity contribution in [3.63, 3.8) is 0 Å². The van der Waals surface area contributed by atoms with Crippen LogP contribution in [0.15, 0.2) is 22.9 Å². The molecular formula is C16H16FN3O3. The number of carbonyl (C=O) groups is 1. The van der Waals surface area contributed by atoms with Gasteiger partial charge in [0, 0.05) is 25.8 Å². The predicted molar refractivity (Wildman–Crippen MR) is 77.3 cm³/mol. The van der Waals surface area contributed by atoms with Crippen molar-refractivity contribution in [3.8, 4) is 0 Å². The summed E-state index contributed by atoms with van der Waals surface area (Å²) in [5.74, 6) is 0.766. The molecule has 0 saturated carbocycles. The molecular weight excluding hydrogens is 301 g/mol. The zero-order chi connectivity index (χ0) is 15.8. The zero-order valence-electron chi connectivity index (χ0n) is 12.5. The lowest BCUT2D eigenvalue weighted by atomic mass is 10.1. The summed E-state index contributed by atoms with van der Waals surface area (Å²) >= 11 is 0. The van der Waals surface area contributed by atoms with Crippen molar-refractivity contribution in [2.75, 3.05) is 19.8 Å². The maximum absolute atomic E-state index is 13.7. The Balaban J connectivity index is 1.54. The van der Waals surface area contributed by atoms with Crippen molar-refractivity contribution in [1.82, 2.24) is 14.9 Å². The van der Waals surface area contributed by atoms with Gasteiger partial charge in [-0.15, -0.1) is 0 Å². The second-order valence-corrected chi connectivity index (χ2v) is 5.81. The van der Waals surface area contributed by atoms with E-state index in [0.717, 1.165) is 30.7 Å². The van der Waals surface area contributed by atoms with E-state index in [-0.39, 0.29) is 17.4 Å². The predicted octanol–water partition coefficient (Wildman–Crippen LogP) is 1.91. The van der Waals surface area contributed by atoms with E-state index in [4.69, 9.17) is 9.15 Å². The lowest BCUT2D eigenvalue weighted by molar-refractivity contribution is 0.0723. The van der Waals surface area contributed by atoms with Gasteiger partial charge in [-0.2, -0.15) is 0 Å². The molecule has 2 aliphatic rings. The van der Waals surface area contributed by atoms with Gasteiger partial charge in [0.2, 0.25) is 0 Å². The number of amides is 1. The molecule has 0 aliphatic carbocycles.